The molecular formula is C15H14Cl3NO2. The highest BCUT2D eigenvalue weighted by Gasteiger charge is 2.03. The Morgan fingerprint density at radius 3 is 2.29 bits per heavy atom. The number of nitrogens with one attached hydrogen (secondary N) is 1. The predicted molar refractivity (Wildman–Crippen MR) is 87.7 cm³/mol. The molecule has 0 heterocycles. The summed E-state index contributed by atoms with van der Waals surface area (Å²) in [5.74, 6) is -0.919. The monoisotopic (exact) mass is 345 g/mol. The molecule has 0 spiro atoms. The topological polar surface area (TPSA) is 49.3 Å². The minimum Gasteiger partial charge on any atom is -0.478 e. The van der Waals surface area contributed by atoms with E-state index in [4.69, 9.17) is 28.3 Å². The normalized spacial score (nSPS) is 10.0. The lowest BCUT2D eigenvalue weighted by Gasteiger charge is -2.07. The second kappa shape index (κ2) is 8.25. The number of aromatic carboxylic acids is 1. The van der Waals surface area contributed by atoms with Crippen LogP contribution in [0.3, 0.4) is 0 Å². The number of carboxylic acids is 1. The first-order chi connectivity index (χ1) is 9.56. The van der Waals surface area contributed by atoms with Crippen molar-refractivity contribution in [2.75, 3.05) is 0 Å². The van der Waals surface area contributed by atoms with Gasteiger partial charge in [0.2, 0.25) is 0 Å². The zero-order valence-corrected chi connectivity index (χ0v) is 13.3. The van der Waals surface area contributed by atoms with Crippen molar-refractivity contribution >= 4 is 41.6 Å². The van der Waals surface area contributed by atoms with E-state index in [1.54, 1.807) is 36.4 Å². The summed E-state index contributed by atoms with van der Waals surface area (Å²) >= 11 is 11.9. The highest BCUT2D eigenvalue weighted by atomic mass is 35.5. The average Bonchev–Trinajstić information content (AvgIpc) is 2.42. The van der Waals surface area contributed by atoms with Crippen LogP contribution >= 0.6 is 35.6 Å². The molecule has 0 aromatic heterocycles. The van der Waals surface area contributed by atoms with Crippen molar-refractivity contribution in [2.45, 2.75) is 13.1 Å². The summed E-state index contributed by atoms with van der Waals surface area (Å²) in [5, 5.41) is 13.3. The summed E-state index contributed by atoms with van der Waals surface area (Å²) in [5.41, 5.74) is 2.27. The Morgan fingerprint density at radius 1 is 1.05 bits per heavy atom. The summed E-state index contributed by atoms with van der Waals surface area (Å²) in [6, 6.07) is 12.2. The molecule has 0 amide bonds. The van der Waals surface area contributed by atoms with E-state index in [0.29, 0.717) is 23.1 Å². The molecule has 0 aliphatic rings. The largest absolute Gasteiger partial charge is 0.478 e. The van der Waals surface area contributed by atoms with Gasteiger partial charge in [0, 0.05) is 23.1 Å². The van der Waals surface area contributed by atoms with Crippen LogP contribution < -0.4 is 5.32 Å². The molecule has 0 radical (unpaired) electrons. The molecule has 0 unspecified atom stereocenters. The van der Waals surface area contributed by atoms with Gasteiger partial charge in [-0.2, -0.15) is 0 Å². The number of hydrogen-bond acceptors (Lipinski definition) is 2. The van der Waals surface area contributed by atoms with Crippen LogP contribution in [0.25, 0.3) is 0 Å². The number of rotatable bonds is 5. The number of hydrogen-bond donors (Lipinski definition) is 2. The Labute approximate surface area is 139 Å². The summed E-state index contributed by atoms with van der Waals surface area (Å²) in [6.45, 7) is 1.26. The van der Waals surface area contributed by atoms with E-state index in [9.17, 15) is 4.79 Å². The lowest BCUT2D eigenvalue weighted by molar-refractivity contribution is 0.0697. The zero-order valence-electron chi connectivity index (χ0n) is 11.0. The number of carboxylic acid groups (broad SMARTS) is 1. The van der Waals surface area contributed by atoms with Gasteiger partial charge >= 0.3 is 5.97 Å². The van der Waals surface area contributed by atoms with Gasteiger partial charge in [0.05, 0.1) is 5.56 Å². The molecule has 0 fully saturated rings. The van der Waals surface area contributed by atoms with E-state index in [2.05, 4.69) is 5.32 Å². The fourth-order valence-corrected chi connectivity index (χ4v) is 2.25. The SMILES string of the molecule is Cl.O=C(O)c1ccc(CNCc2ccc(Cl)cc2Cl)cc1. The molecule has 6 heteroatoms. The molecular weight excluding hydrogens is 333 g/mol. The van der Waals surface area contributed by atoms with E-state index in [-0.39, 0.29) is 18.0 Å². The fourth-order valence-electron chi connectivity index (χ4n) is 1.77. The van der Waals surface area contributed by atoms with Gasteiger partial charge < -0.3 is 10.4 Å². The summed E-state index contributed by atoms with van der Waals surface area (Å²) in [6.07, 6.45) is 0. The molecule has 112 valence electrons. The summed E-state index contributed by atoms with van der Waals surface area (Å²) in [4.78, 5) is 10.7. The van der Waals surface area contributed by atoms with Crippen molar-refractivity contribution < 1.29 is 9.90 Å². The molecule has 0 aliphatic heterocycles. The van der Waals surface area contributed by atoms with Gasteiger partial charge in [0.1, 0.15) is 0 Å². The van der Waals surface area contributed by atoms with E-state index >= 15 is 0 Å². The number of halogens is 3. The Hall–Kier alpha value is -1.26. The lowest BCUT2D eigenvalue weighted by Crippen LogP contribution is -2.13. The summed E-state index contributed by atoms with van der Waals surface area (Å²) < 4.78 is 0. The molecule has 0 saturated carbocycles. The maximum absolute atomic E-state index is 10.7. The average molecular weight is 347 g/mol. The van der Waals surface area contributed by atoms with Gasteiger partial charge in [0.15, 0.2) is 0 Å². The minimum absolute atomic E-state index is 0. The first kappa shape index (κ1) is 17.8. The van der Waals surface area contributed by atoms with Gasteiger partial charge in [-0.15, -0.1) is 12.4 Å². The number of benzene rings is 2. The van der Waals surface area contributed by atoms with Crippen LogP contribution in [0.4, 0.5) is 0 Å². The molecule has 2 aromatic carbocycles. The van der Waals surface area contributed by atoms with Crippen LogP contribution in [-0.2, 0) is 13.1 Å². The van der Waals surface area contributed by atoms with Crippen LogP contribution in [-0.4, -0.2) is 11.1 Å². The van der Waals surface area contributed by atoms with Gasteiger partial charge in [-0.25, -0.2) is 4.79 Å². The van der Waals surface area contributed by atoms with Gasteiger partial charge in [-0.3, -0.25) is 0 Å². The lowest BCUT2D eigenvalue weighted by atomic mass is 10.1. The highest BCUT2D eigenvalue weighted by Crippen LogP contribution is 2.20. The van der Waals surface area contributed by atoms with Crippen LogP contribution in [0.2, 0.25) is 10.0 Å². The first-order valence-electron chi connectivity index (χ1n) is 6.03. The Balaban J connectivity index is 0.00000220. The molecule has 2 N–H and O–H groups in total. The first-order valence-corrected chi connectivity index (χ1v) is 6.79. The molecule has 0 saturated heterocycles. The van der Waals surface area contributed by atoms with Crippen molar-refractivity contribution in [1.82, 2.24) is 5.32 Å². The van der Waals surface area contributed by atoms with Gasteiger partial charge in [0.25, 0.3) is 0 Å². The third-order valence-electron chi connectivity index (χ3n) is 2.86. The van der Waals surface area contributed by atoms with Crippen molar-refractivity contribution in [3.63, 3.8) is 0 Å². The van der Waals surface area contributed by atoms with E-state index in [1.807, 2.05) is 6.07 Å². The maximum Gasteiger partial charge on any atom is 0.335 e. The smallest absolute Gasteiger partial charge is 0.335 e. The summed E-state index contributed by atoms with van der Waals surface area (Å²) in [7, 11) is 0. The van der Waals surface area contributed by atoms with E-state index < -0.39 is 5.97 Å². The molecule has 3 nitrogen and oxygen atoms in total. The van der Waals surface area contributed by atoms with Gasteiger partial charge in [-0.1, -0.05) is 41.4 Å². The van der Waals surface area contributed by atoms with Crippen molar-refractivity contribution in [2.24, 2.45) is 0 Å². The molecule has 2 aromatic rings. The van der Waals surface area contributed by atoms with Crippen molar-refractivity contribution in [3.05, 3.63) is 69.2 Å². The molecule has 21 heavy (non-hydrogen) atoms. The van der Waals surface area contributed by atoms with Crippen LogP contribution in [0.15, 0.2) is 42.5 Å². The molecule has 0 aliphatic carbocycles. The Morgan fingerprint density at radius 2 is 1.71 bits per heavy atom. The van der Waals surface area contributed by atoms with E-state index in [1.165, 1.54) is 0 Å². The van der Waals surface area contributed by atoms with Crippen molar-refractivity contribution in [3.8, 4) is 0 Å². The van der Waals surface area contributed by atoms with Gasteiger partial charge in [-0.05, 0) is 35.4 Å². The third-order valence-corrected chi connectivity index (χ3v) is 3.45. The molecule has 0 atom stereocenters. The highest BCUT2D eigenvalue weighted by molar-refractivity contribution is 6.35. The Bertz CT molecular complexity index is 615. The fraction of sp³-hybridized carbons (Fsp3) is 0.133. The van der Waals surface area contributed by atoms with Crippen LogP contribution in [0.5, 0.6) is 0 Å². The van der Waals surface area contributed by atoms with E-state index in [0.717, 1.165) is 11.1 Å². The molecule has 2 rings (SSSR count). The predicted octanol–water partition coefficient (Wildman–Crippen LogP) is 4.40. The third kappa shape index (κ3) is 5.21. The van der Waals surface area contributed by atoms with Crippen molar-refractivity contribution in [1.29, 1.82) is 0 Å². The second-order valence-corrected chi connectivity index (χ2v) is 5.18. The quantitative estimate of drug-likeness (QED) is 0.843. The maximum atomic E-state index is 10.7. The van der Waals surface area contributed by atoms with Crippen LogP contribution in [0.1, 0.15) is 21.5 Å². The minimum atomic E-state index is -0.919. The molecule has 0 bridgehead atoms. The zero-order chi connectivity index (χ0) is 14.5. The second-order valence-electron chi connectivity index (χ2n) is 4.34. The van der Waals surface area contributed by atoms with Crippen LogP contribution in [0, 0.1) is 0 Å². The Kier molecular flexibility index (Phi) is 6.99. The number of carbonyl (C=O) groups is 1. The standard InChI is InChI=1S/C15H13Cl2NO2.ClH/c16-13-6-5-12(14(17)7-13)9-18-8-10-1-3-11(4-2-10)15(19)20;/h1-7,18H,8-9H2,(H,19,20);1H.